The Kier molecular flexibility index (Phi) is 8.84. The van der Waals surface area contributed by atoms with Crippen LogP contribution in [0.4, 0.5) is 17.1 Å². The van der Waals surface area contributed by atoms with Crippen LogP contribution >= 0.6 is 11.3 Å². The number of hydrogen-bond donors (Lipinski definition) is 0. The van der Waals surface area contributed by atoms with E-state index in [2.05, 4.69) is 260 Å². The van der Waals surface area contributed by atoms with Gasteiger partial charge in [-0.1, -0.05) is 235 Å². The number of nitrogens with zero attached hydrogens (tertiary/aromatic N) is 1. The zero-order valence-electron chi connectivity index (χ0n) is 37.2. The van der Waals surface area contributed by atoms with Gasteiger partial charge in [-0.25, -0.2) is 0 Å². The summed E-state index contributed by atoms with van der Waals surface area (Å²) in [5.74, 6) is 0. The van der Waals surface area contributed by atoms with E-state index in [1.165, 1.54) is 114 Å². The van der Waals surface area contributed by atoms with Gasteiger partial charge in [-0.05, 0) is 108 Å². The van der Waals surface area contributed by atoms with Crippen molar-refractivity contribution in [3.63, 3.8) is 0 Å². The van der Waals surface area contributed by atoms with Gasteiger partial charge in [-0.15, -0.1) is 11.3 Å². The van der Waals surface area contributed by atoms with Crippen LogP contribution in [0, 0.1) is 0 Å². The van der Waals surface area contributed by atoms with Crippen LogP contribution in [0.5, 0.6) is 0 Å². The molecule has 0 saturated carbocycles. The number of fused-ring (bicyclic) bond motifs is 9. The Balaban J connectivity index is 0.967. The standard InChI is InChI=1S/C65H42BNS/c1-5-20-43(21-6-1)51-30-19-31-53-55-40-45-24-13-14-29-50(45)62(44-22-7-2-8-23-44)64(55)66(63(51)53)48-36-39-60-54(41-48)52-38-37-49(42-61(52)68-60)67-58-34-17-15-32-56(58)65(46-25-9-3-10-26-46,47-27-11-4-12-28-47)57-33-16-18-35-59(57)67/h1-42H. The first-order chi connectivity index (χ1) is 33.8. The molecule has 2 aliphatic rings. The smallest absolute Gasteiger partial charge is 0.244 e. The second kappa shape index (κ2) is 15.4. The largest absolute Gasteiger partial charge is 0.310 e. The Bertz CT molecular complexity index is 3830. The van der Waals surface area contributed by atoms with Gasteiger partial charge in [0.1, 0.15) is 0 Å². The van der Waals surface area contributed by atoms with Crippen molar-refractivity contribution < 1.29 is 0 Å². The number of anilines is 3. The predicted molar refractivity (Wildman–Crippen MR) is 291 cm³/mol. The Hall–Kier alpha value is -8.24. The summed E-state index contributed by atoms with van der Waals surface area (Å²) in [5.41, 5.74) is 19.9. The Morgan fingerprint density at radius 1 is 0.368 bits per heavy atom. The lowest BCUT2D eigenvalue weighted by Crippen LogP contribution is -2.50. The maximum atomic E-state index is 2.52. The zero-order chi connectivity index (χ0) is 44.8. The number of para-hydroxylation sites is 2. The number of benzene rings is 11. The van der Waals surface area contributed by atoms with Crippen LogP contribution in [0.15, 0.2) is 255 Å². The fourth-order valence-electron chi connectivity index (χ4n) is 12.1. The van der Waals surface area contributed by atoms with Gasteiger partial charge in [0.05, 0.1) is 16.8 Å². The quantitative estimate of drug-likeness (QED) is 0.150. The molecule has 3 heteroatoms. The number of hydrogen-bond acceptors (Lipinski definition) is 2. The molecule has 2 aliphatic heterocycles. The molecule has 0 fully saturated rings. The van der Waals surface area contributed by atoms with Crippen LogP contribution in [0.2, 0.25) is 0 Å². The molecular weight excluding hydrogens is 838 g/mol. The second-order valence-electron chi connectivity index (χ2n) is 18.3. The highest BCUT2D eigenvalue weighted by Gasteiger charge is 2.46. The van der Waals surface area contributed by atoms with Crippen LogP contribution in [0.3, 0.4) is 0 Å². The molecule has 0 amide bonds. The van der Waals surface area contributed by atoms with Gasteiger partial charge in [-0.3, -0.25) is 0 Å². The third-order valence-corrected chi connectivity index (χ3v) is 15.9. The van der Waals surface area contributed by atoms with Crippen molar-refractivity contribution in [1.82, 2.24) is 0 Å². The topological polar surface area (TPSA) is 3.24 Å². The van der Waals surface area contributed by atoms with Gasteiger partial charge in [0.25, 0.3) is 0 Å². The van der Waals surface area contributed by atoms with Crippen molar-refractivity contribution >= 4 is 82.4 Å². The summed E-state index contributed by atoms with van der Waals surface area (Å²) in [6, 6.07) is 95.0. The van der Waals surface area contributed by atoms with E-state index >= 15 is 0 Å². The van der Waals surface area contributed by atoms with Crippen LogP contribution in [-0.2, 0) is 5.41 Å². The first-order valence-electron chi connectivity index (χ1n) is 23.6. The molecule has 0 unspecified atom stereocenters. The van der Waals surface area contributed by atoms with E-state index in [-0.39, 0.29) is 6.71 Å². The summed E-state index contributed by atoms with van der Waals surface area (Å²) in [5, 5.41) is 5.14. The van der Waals surface area contributed by atoms with E-state index in [1.807, 2.05) is 11.3 Å². The van der Waals surface area contributed by atoms with Gasteiger partial charge in [0.2, 0.25) is 6.71 Å². The van der Waals surface area contributed by atoms with E-state index in [1.54, 1.807) is 0 Å². The Labute approximate surface area is 401 Å². The maximum Gasteiger partial charge on any atom is 0.244 e. The Morgan fingerprint density at radius 2 is 0.956 bits per heavy atom. The molecule has 0 radical (unpaired) electrons. The van der Waals surface area contributed by atoms with Gasteiger partial charge in [-0.2, -0.15) is 0 Å². The molecule has 0 bridgehead atoms. The fourth-order valence-corrected chi connectivity index (χ4v) is 13.2. The summed E-state index contributed by atoms with van der Waals surface area (Å²) < 4.78 is 2.57. The van der Waals surface area contributed by atoms with E-state index in [0.717, 1.165) is 5.69 Å². The summed E-state index contributed by atoms with van der Waals surface area (Å²) in [6.45, 7) is 0.0192. The van der Waals surface area contributed by atoms with E-state index < -0.39 is 5.41 Å². The molecule has 0 N–H and O–H groups in total. The van der Waals surface area contributed by atoms with Crippen molar-refractivity contribution in [1.29, 1.82) is 0 Å². The van der Waals surface area contributed by atoms with Crippen LogP contribution < -0.4 is 21.3 Å². The molecule has 0 aliphatic carbocycles. The minimum absolute atomic E-state index is 0.0192. The van der Waals surface area contributed by atoms with Crippen molar-refractivity contribution in [2.45, 2.75) is 5.41 Å². The molecule has 0 atom stereocenters. The monoisotopic (exact) mass is 879 g/mol. The van der Waals surface area contributed by atoms with Crippen molar-refractivity contribution in [2.24, 2.45) is 0 Å². The molecule has 12 aromatic rings. The third kappa shape index (κ3) is 5.70. The maximum absolute atomic E-state index is 2.52. The first-order valence-corrected chi connectivity index (χ1v) is 24.4. The highest BCUT2D eigenvalue weighted by molar-refractivity contribution is 7.26. The lowest BCUT2D eigenvalue weighted by Gasteiger charge is -2.46. The minimum atomic E-state index is -0.505. The van der Waals surface area contributed by atoms with Gasteiger partial charge in [0.15, 0.2) is 0 Å². The molecule has 3 heterocycles. The van der Waals surface area contributed by atoms with Crippen LogP contribution in [0.25, 0.3) is 64.3 Å². The lowest BCUT2D eigenvalue weighted by atomic mass is 9.37. The zero-order valence-corrected chi connectivity index (χ0v) is 38.0. The van der Waals surface area contributed by atoms with E-state index in [0.29, 0.717) is 0 Å². The SMILES string of the molecule is c1ccc(-c2cccc3c2B(c2ccc4sc5cc(N6c7ccccc7C(c7ccccc7)(c7ccccc7)c7ccccc76)ccc5c4c2)c2c-3cc3ccccc3c2-c2ccccc2)cc1. The first kappa shape index (κ1) is 39.0. The summed E-state index contributed by atoms with van der Waals surface area (Å²) >= 11 is 1.89. The molecule has 1 nitrogen and oxygen atoms in total. The van der Waals surface area contributed by atoms with Gasteiger partial charge >= 0.3 is 0 Å². The normalized spacial score (nSPS) is 13.4. The summed E-state index contributed by atoms with van der Waals surface area (Å²) in [6.07, 6.45) is 0. The Morgan fingerprint density at radius 3 is 1.65 bits per heavy atom. The summed E-state index contributed by atoms with van der Waals surface area (Å²) in [7, 11) is 0. The van der Waals surface area contributed by atoms with Crippen LogP contribution in [-0.4, -0.2) is 6.71 Å². The van der Waals surface area contributed by atoms with Crippen LogP contribution in [0.1, 0.15) is 22.3 Å². The van der Waals surface area contributed by atoms with Crippen molar-refractivity contribution in [3.8, 4) is 33.4 Å². The van der Waals surface area contributed by atoms with E-state index in [9.17, 15) is 0 Å². The number of rotatable bonds is 6. The fraction of sp³-hybridized carbons (Fsp3) is 0.0154. The average molecular weight is 880 g/mol. The molecule has 0 saturated heterocycles. The van der Waals surface area contributed by atoms with Gasteiger partial charge < -0.3 is 4.90 Å². The van der Waals surface area contributed by atoms with Crippen molar-refractivity contribution in [2.75, 3.05) is 4.90 Å². The molecule has 11 aromatic carbocycles. The molecule has 14 rings (SSSR count). The second-order valence-corrected chi connectivity index (χ2v) is 19.3. The molecule has 68 heavy (non-hydrogen) atoms. The minimum Gasteiger partial charge on any atom is -0.310 e. The summed E-state index contributed by atoms with van der Waals surface area (Å²) in [4.78, 5) is 2.50. The molecule has 1 aromatic heterocycles. The third-order valence-electron chi connectivity index (χ3n) is 14.8. The van der Waals surface area contributed by atoms with E-state index in [4.69, 9.17) is 0 Å². The molecule has 0 spiro atoms. The molecular formula is C65H42BNS. The molecule has 316 valence electrons. The highest BCUT2D eigenvalue weighted by atomic mass is 32.1. The van der Waals surface area contributed by atoms with Gasteiger partial charge in [0, 0.05) is 20.5 Å². The highest BCUT2D eigenvalue weighted by Crippen LogP contribution is 2.58. The lowest BCUT2D eigenvalue weighted by molar-refractivity contribution is 0.731. The average Bonchev–Trinajstić information content (AvgIpc) is 3.95. The predicted octanol–water partition coefficient (Wildman–Crippen LogP) is 15.2. The number of thiophene rings is 1. The van der Waals surface area contributed by atoms with Crippen molar-refractivity contribution in [3.05, 3.63) is 277 Å².